The summed E-state index contributed by atoms with van der Waals surface area (Å²) < 4.78 is 5.34. The van der Waals surface area contributed by atoms with Gasteiger partial charge >= 0.3 is 0 Å². The minimum atomic E-state index is 0.349. The van der Waals surface area contributed by atoms with Crippen molar-refractivity contribution in [1.82, 2.24) is 10.2 Å². The summed E-state index contributed by atoms with van der Waals surface area (Å²) in [5, 5.41) is 7.88. The Balaban J connectivity index is 2.16. The van der Waals surface area contributed by atoms with Crippen molar-refractivity contribution in [2.75, 3.05) is 30.4 Å². The first-order valence-corrected chi connectivity index (χ1v) is 4.71. The molecule has 1 atom stereocenters. The molecule has 1 saturated heterocycles. The smallest absolute Gasteiger partial charge is 0.151 e. The molecule has 5 heteroatoms. The lowest BCUT2D eigenvalue weighted by Gasteiger charge is -2.33. The number of aromatic nitrogens is 2. The summed E-state index contributed by atoms with van der Waals surface area (Å²) >= 11 is 0. The Morgan fingerprint density at radius 1 is 1.50 bits per heavy atom. The summed E-state index contributed by atoms with van der Waals surface area (Å²) in [7, 11) is 0. The second-order valence-corrected chi connectivity index (χ2v) is 3.43. The lowest BCUT2D eigenvalue weighted by Crippen LogP contribution is -2.44. The van der Waals surface area contributed by atoms with Gasteiger partial charge in [-0.05, 0) is 19.1 Å². The molecule has 14 heavy (non-hydrogen) atoms. The molecule has 2 rings (SSSR count). The number of anilines is 2. The molecule has 2 N–H and O–H groups in total. The standard InChI is InChI=1S/C9H14N4O/c1-7-6-14-5-4-13(7)9-3-2-8(10)11-12-9/h2-3,7H,4-6H2,1H3,(H2,10,11)/t7-/m0/s1. The monoisotopic (exact) mass is 194 g/mol. The number of hydrogen-bond donors (Lipinski definition) is 1. The molecule has 2 heterocycles. The Labute approximate surface area is 82.9 Å². The zero-order valence-corrected chi connectivity index (χ0v) is 8.18. The van der Waals surface area contributed by atoms with Crippen LogP contribution in [0.4, 0.5) is 11.6 Å². The fourth-order valence-electron chi connectivity index (χ4n) is 1.56. The molecular weight excluding hydrogens is 180 g/mol. The first-order chi connectivity index (χ1) is 6.77. The second-order valence-electron chi connectivity index (χ2n) is 3.43. The van der Waals surface area contributed by atoms with Gasteiger partial charge in [0, 0.05) is 6.54 Å². The van der Waals surface area contributed by atoms with Gasteiger partial charge in [-0.25, -0.2) is 0 Å². The first-order valence-electron chi connectivity index (χ1n) is 4.71. The van der Waals surface area contributed by atoms with Crippen LogP contribution >= 0.6 is 0 Å². The van der Waals surface area contributed by atoms with Crippen LogP contribution in [-0.2, 0) is 4.74 Å². The van der Waals surface area contributed by atoms with E-state index in [1.165, 1.54) is 0 Å². The van der Waals surface area contributed by atoms with Crippen LogP contribution in [0.2, 0.25) is 0 Å². The van der Waals surface area contributed by atoms with Crippen LogP contribution in [-0.4, -0.2) is 36.0 Å². The van der Waals surface area contributed by atoms with E-state index in [4.69, 9.17) is 10.5 Å². The molecule has 0 radical (unpaired) electrons. The molecule has 0 aliphatic carbocycles. The van der Waals surface area contributed by atoms with E-state index in [0.29, 0.717) is 11.9 Å². The third-order valence-corrected chi connectivity index (χ3v) is 2.33. The number of rotatable bonds is 1. The number of nitrogens with zero attached hydrogens (tertiary/aromatic N) is 3. The van der Waals surface area contributed by atoms with E-state index in [1.807, 2.05) is 6.07 Å². The van der Waals surface area contributed by atoms with Crippen molar-refractivity contribution < 1.29 is 4.74 Å². The highest BCUT2D eigenvalue weighted by atomic mass is 16.5. The molecule has 0 unspecified atom stereocenters. The van der Waals surface area contributed by atoms with Gasteiger partial charge in [-0.3, -0.25) is 0 Å². The Bertz CT molecular complexity index is 300. The van der Waals surface area contributed by atoms with E-state index in [2.05, 4.69) is 22.0 Å². The van der Waals surface area contributed by atoms with E-state index in [1.54, 1.807) is 6.07 Å². The SMILES string of the molecule is C[C@H]1COCCN1c1ccc(N)nn1. The summed E-state index contributed by atoms with van der Waals surface area (Å²) in [6.45, 7) is 4.46. The van der Waals surface area contributed by atoms with E-state index in [-0.39, 0.29) is 0 Å². The highest BCUT2D eigenvalue weighted by Crippen LogP contribution is 2.16. The minimum absolute atomic E-state index is 0.349. The molecule has 0 amide bonds. The molecule has 1 aliphatic rings. The van der Waals surface area contributed by atoms with Gasteiger partial charge < -0.3 is 15.4 Å². The zero-order chi connectivity index (χ0) is 9.97. The van der Waals surface area contributed by atoms with Crippen LogP contribution in [0.15, 0.2) is 12.1 Å². The number of nitrogen functional groups attached to an aromatic ring is 1. The Morgan fingerprint density at radius 2 is 2.36 bits per heavy atom. The fraction of sp³-hybridized carbons (Fsp3) is 0.556. The maximum absolute atomic E-state index is 5.47. The van der Waals surface area contributed by atoms with Gasteiger partial charge in [0.15, 0.2) is 5.82 Å². The molecule has 0 saturated carbocycles. The van der Waals surface area contributed by atoms with Crippen molar-refractivity contribution in [3.63, 3.8) is 0 Å². The number of hydrogen-bond acceptors (Lipinski definition) is 5. The maximum Gasteiger partial charge on any atom is 0.151 e. The van der Waals surface area contributed by atoms with Gasteiger partial charge in [0.1, 0.15) is 5.82 Å². The van der Waals surface area contributed by atoms with Gasteiger partial charge in [-0.2, -0.15) is 0 Å². The van der Waals surface area contributed by atoms with Crippen LogP contribution in [0.5, 0.6) is 0 Å². The molecule has 0 bridgehead atoms. The molecule has 1 aromatic rings. The van der Waals surface area contributed by atoms with Crippen molar-refractivity contribution in [2.45, 2.75) is 13.0 Å². The highest BCUT2D eigenvalue weighted by Gasteiger charge is 2.19. The normalized spacial score (nSPS) is 22.4. The zero-order valence-electron chi connectivity index (χ0n) is 8.18. The van der Waals surface area contributed by atoms with E-state index in [9.17, 15) is 0 Å². The Morgan fingerprint density at radius 3 is 3.00 bits per heavy atom. The molecule has 1 aromatic heterocycles. The van der Waals surface area contributed by atoms with Crippen molar-refractivity contribution >= 4 is 11.6 Å². The molecule has 76 valence electrons. The van der Waals surface area contributed by atoms with Gasteiger partial charge in [-0.15, -0.1) is 10.2 Å². The maximum atomic E-state index is 5.47. The lowest BCUT2D eigenvalue weighted by atomic mass is 10.2. The van der Waals surface area contributed by atoms with Crippen LogP contribution in [0.25, 0.3) is 0 Å². The summed E-state index contributed by atoms with van der Waals surface area (Å²) in [4.78, 5) is 2.18. The third kappa shape index (κ3) is 1.77. The van der Waals surface area contributed by atoms with E-state index < -0.39 is 0 Å². The fourth-order valence-corrected chi connectivity index (χ4v) is 1.56. The van der Waals surface area contributed by atoms with Crippen molar-refractivity contribution in [1.29, 1.82) is 0 Å². The van der Waals surface area contributed by atoms with E-state index in [0.717, 1.165) is 25.6 Å². The molecule has 1 aliphatic heterocycles. The lowest BCUT2D eigenvalue weighted by molar-refractivity contribution is 0.0984. The number of ether oxygens (including phenoxy) is 1. The van der Waals surface area contributed by atoms with Gasteiger partial charge in [0.2, 0.25) is 0 Å². The number of morpholine rings is 1. The topological polar surface area (TPSA) is 64.3 Å². The summed E-state index contributed by atoms with van der Waals surface area (Å²) in [5.41, 5.74) is 5.47. The van der Waals surface area contributed by atoms with Crippen molar-refractivity contribution in [3.8, 4) is 0 Å². The Hall–Kier alpha value is -1.36. The minimum Gasteiger partial charge on any atom is -0.382 e. The molecule has 1 fully saturated rings. The Kier molecular flexibility index (Phi) is 2.49. The summed E-state index contributed by atoms with van der Waals surface area (Å²) in [5.74, 6) is 1.32. The number of nitrogens with two attached hydrogens (primary N) is 1. The predicted molar refractivity (Wildman–Crippen MR) is 54.1 cm³/mol. The summed E-state index contributed by atoms with van der Waals surface area (Å²) in [6.07, 6.45) is 0. The van der Waals surface area contributed by atoms with E-state index >= 15 is 0 Å². The molecule has 0 aromatic carbocycles. The van der Waals surface area contributed by atoms with Crippen molar-refractivity contribution in [3.05, 3.63) is 12.1 Å². The van der Waals surface area contributed by atoms with Crippen LogP contribution < -0.4 is 10.6 Å². The van der Waals surface area contributed by atoms with Crippen LogP contribution in [0.1, 0.15) is 6.92 Å². The second kappa shape index (κ2) is 3.79. The van der Waals surface area contributed by atoms with Crippen LogP contribution in [0, 0.1) is 0 Å². The molecular formula is C9H14N4O. The first kappa shape index (κ1) is 9.21. The highest BCUT2D eigenvalue weighted by molar-refractivity contribution is 5.42. The molecule has 0 spiro atoms. The average molecular weight is 194 g/mol. The van der Waals surface area contributed by atoms with Gasteiger partial charge in [0.25, 0.3) is 0 Å². The third-order valence-electron chi connectivity index (χ3n) is 2.33. The predicted octanol–water partition coefficient (Wildman–Crippen LogP) is 0.284. The summed E-state index contributed by atoms with van der Waals surface area (Å²) in [6, 6.07) is 4.01. The van der Waals surface area contributed by atoms with Crippen molar-refractivity contribution in [2.24, 2.45) is 0 Å². The average Bonchev–Trinajstić information content (AvgIpc) is 2.20. The quantitative estimate of drug-likeness (QED) is 0.695. The molecule has 5 nitrogen and oxygen atoms in total. The largest absolute Gasteiger partial charge is 0.382 e. The van der Waals surface area contributed by atoms with Gasteiger partial charge in [0.05, 0.1) is 19.3 Å². The van der Waals surface area contributed by atoms with Crippen LogP contribution in [0.3, 0.4) is 0 Å². The van der Waals surface area contributed by atoms with Gasteiger partial charge in [-0.1, -0.05) is 0 Å².